The molecule has 0 atom stereocenters. The van der Waals surface area contributed by atoms with Gasteiger partial charge in [0.2, 0.25) is 0 Å². The number of aromatic nitrogens is 1. The minimum Gasteiger partial charge on any atom is -0.504 e. The zero-order valence-corrected chi connectivity index (χ0v) is 7.19. The van der Waals surface area contributed by atoms with Gasteiger partial charge in [-0.2, -0.15) is 17.6 Å². The molecule has 6 heteroatoms. The second-order valence-electron chi connectivity index (χ2n) is 2.64. The van der Waals surface area contributed by atoms with Crippen molar-refractivity contribution < 1.29 is 22.7 Å². The fraction of sp³-hybridized carbons (Fsp3) is 0.375. The van der Waals surface area contributed by atoms with Crippen LogP contribution in [0.15, 0.2) is 6.07 Å². The Morgan fingerprint density at radius 3 is 2.43 bits per heavy atom. The van der Waals surface area contributed by atoms with E-state index in [1.54, 1.807) is 0 Å². The van der Waals surface area contributed by atoms with Gasteiger partial charge in [0.1, 0.15) is 0 Å². The van der Waals surface area contributed by atoms with Crippen LogP contribution >= 0.6 is 0 Å². The maximum atomic E-state index is 12.6. The zero-order chi connectivity index (χ0) is 10.9. The second-order valence-corrected chi connectivity index (χ2v) is 2.64. The van der Waals surface area contributed by atoms with Crippen molar-refractivity contribution in [3.8, 4) is 5.75 Å². The van der Waals surface area contributed by atoms with Gasteiger partial charge in [-0.3, -0.25) is 0 Å². The average Bonchev–Trinajstić information content (AvgIpc) is 2.07. The molecule has 0 saturated heterocycles. The van der Waals surface area contributed by atoms with E-state index in [1.807, 2.05) is 0 Å². The van der Waals surface area contributed by atoms with Crippen molar-refractivity contribution in [3.63, 3.8) is 0 Å². The Hall–Kier alpha value is -1.33. The van der Waals surface area contributed by atoms with Gasteiger partial charge in [-0.25, -0.2) is 4.98 Å². The molecule has 0 amide bonds. The minimum atomic E-state index is -4.62. The summed E-state index contributed by atoms with van der Waals surface area (Å²) in [5, 5.41) is 8.75. The smallest absolute Gasteiger partial charge is 0.418 e. The summed E-state index contributed by atoms with van der Waals surface area (Å²) in [5.74, 6) is -2.37. The number of nitrogens with zero attached hydrogens (tertiary/aromatic N) is 1. The number of aromatic hydroxyl groups is 1. The Bertz CT molecular complexity index is 348. The molecule has 0 aliphatic rings. The van der Waals surface area contributed by atoms with Gasteiger partial charge in [-0.1, -0.05) is 6.92 Å². The van der Waals surface area contributed by atoms with E-state index in [-0.39, 0.29) is 6.42 Å². The number of hydrogen-bond acceptors (Lipinski definition) is 2. The van der Waals surface area contributed by atoms with Crippen LogP contribution in [0.2, 0.25) is 0 Å². The first-order chi connectivity index (χ1) is 6.36. The summed E-state index contributed by atoms with van der Waals surface area (Å²) in [7, 11) is 0. The monoisotopic (exact) mass is 209 g/mol. The summed E-state index contributed by atoms with van der Waals surface area (Å²) < 4.78 is 49.4. The number of halogens is 4. The van der Waals surface area contributed by atoms with E-state index < -0.39 is 29.1 Å². The molecule has 1 rings (SSSR count). The maximum absolute atomic E-state index is 12.6. The van der Waals surface area contributed by atoms with Crippen LogP contribution in [-0.2, 0) is 12.6 Å². The quantitative estimate of drug-likeness (QED) is 0.569. The Kier molecular flexibility index (Phi) is 2.64. The van der Waals surface area contributed by atoms with Crippen LogP contribution in [0.5, 0.6) is 5.75 Å². The van der Waals surface area contributed by atoms with Crippen molar-refractivity contribution in [1.29, 1.82) is 0 Å². The van der Waals surface area contributed by atoms with Gasteiger partial charge in [0, 0.05) is 0 Å². The van der Waals surface area contributed by atoms with E-state index in [2.05, 4.69) is 4.98 Å². The lowest BCUT2D eigenvalue weighted by Gasteiger charge is -2.11. The van der Waals surface area contributed by atoms with Crippen molar-refractivity contribution in [1.82, 2.24) is 4.98 Å². The average molecular weight is 209 g/mol. The van der Waals surface area contributed by atoms with Crippen molar-refractivity contribution in [3.05, 3.63) is 23.3 Å². The molecule has 0 aromatic carbocycles. The first kappa shape index (κ1) is 10.7. The number of pyridine rings is 1. The van der Waals surface area contributed by atoms with Gasteiger partial charge in [-0.05, 0) is 12.5 Å². The second kappa shape index (κ2) is 3.43. The summed E-state index contributed by atoms with van der Waals surface area (Å²) >= 11 is 0. The molecule has 0 bridgehead atoms. The number of aryl methyl sites for hydroxylation is 1. The van der Waals surface area contributed by atoms with Crippen molar-refractivity contribution in [2.24, 2.45) is 0 Å². The standard InChI is InChI=1S/C8H7F4NO/c1-2-5-4(8(10,11)12)3-6(14)7(9)13-5/h3,14H,2H2,1H3. The highest BCUT2D eigenvalue weighted by atomic mass is 19.4. The fourth-order valence-corrected chi connectivity index (χ4v) is 1.03. The van der Waals surface area contributed by atoms with Gasteiger partial charge in [0.05, 0.1) is 11.3 Å². The van der Waals surface area contributed by atoms with Crippen LogP contribution in [0.3, 0.4) is 0 Å². The fourth-order valence-electron chi connectivity index (χ4n) is 1.03. The third kappa shape index (κ3) is 1.94. The maximum Gasteiger partial charge on any atom is 0.418 e. The Labute approximate surface area is 77.2 Å². The molecule has 1 aromatic heterocycles. The molecule has 78 valence electrons. The molecule has 0 unspecified atom stereocenters. The molecule has 0 radical (unpaired) electrons. The van der Waals surface area contributed by atoms with Gasteiger partial charge >= 0.3 is 6.18 Å². The van der Waals surface area contributed by atoms with Crippen LogP contribution < -0.4 is 0 Å². The molecule has 1 aromatic rings. The molecule has 1 N–H and O–H groups in total. The molecule has 0 spiro atoms. The SMILES string of the molecule is CCc1nc(F)c(O)cc1C(F)(F)F. The summed E-state index contributed by atoms with van der Waals surface area (Å²) in [4.78, 5) is 3.02. The Morgan fingerprint density at radius 1 is 1.43 bits per heavy atom. The third-order valence-corrected chi connectivity index (χ3v) is 1.68. The summed E-state index contributed by atoms with van der Waals surface area (Å²) in [6.07, 6.45) is -4.67. The van der Waals surface area contributed by atoms with Crippen LogP contribution in [0, 0.1) is 5.95 Å². The van der Waals surface area contributed by atoms with Gasteiger partial charge < -0.3 is 5.11 Å². The predicted molar refractivity (Wildman–Crippen MR) is 40.2 cm³/mol. The minimum absolute atomic E-state index is 0.0496. The third-order valence-electron chi connectivity index (χ3n) is 1.68. The predicted octanol–water partition coefficient (Wildman–Crippen LogP) is 2.51. The van der Waals surface area contributed by atoms with Crippen molar-refractivity contribution in [2.45, 2.75) is 19.5 Å². The normalized spacial score (nSPS) is 11.8. The summed E-state index contributed by atoms with van der Waals surface area (Å²) in [6, 6.07) is 0.348. The Balaban J connectivity index is 3.35. The first-order valence-corrected chi connectivity index (χ1v) is 3.81. The van der Waals surface area contributed by atoms with Crippen molar-refractivity contribution >= 4 is 0 Å². The molecule has 14 heavy (non-hydrogen) atoms. The van der Waals surface area contributed by atoms with E-state index in [0.717, 1.165) is 0 Å². The van der Waals surface area contributed by atoms with Gasteiger partial charge in [-0.15, -0.1) is 0 Å². The van der Waals surface area contributed by atoms with Gasteiger partial charge in [0.15, 0.2) is 5.75 Å². The van der Waals surface area contributed by atoms with Crippen LogP contribution in [-0.4, -0.2) is 10.1 Å². The lowest BCUT2D eigenvalue weighted by atomic mass is 10.1. The Morgan fingerprint density at radius 2 is 2.00 bits per heavy atom. The lowest BCUT2D eigenvalue weighted by molar-refractivity contribution is -0.138. The van der Waals surface area contributed by atoms with E-state index in [1.165, 1.54) is 6.92 Å². The first-order valence-electron chi connectivity index (χ1n) is 3.81. The molecular formula is C8H7F4NO. The van der Waals surface area contributed by atoms with Crippen LogP contribution in [0.4, 0.5) is 17.6 Å². The highest BCUT2D eigenvalue weighted by Gasteiger charge is 2.34. The molecule has 2 nitrogen and oxygen atoms in total. The number of alkyl halides is 3. The summed E-state index contributed by atoms with van der Waals surface area (Å²) in [5.41, 5.74) is -1.51. The largest absolute Gasteiger partial charge is 0.504 e. The highest BCUT2D eigenvalue weighted by Crippen LogP contribution is 2.34. The number of rotatable bonds is 1. The zero-order valence-electron chi connectivity index (χ0n) is 7.19. The van der Waals surface area contributed by atoms with Crippen molar-refractivity contribution in [2.75, 3.05) is 0 Å². The molecule has 1 heterocycles. The topological polar surface area (TPSA) is 33.1 Å². The molecular weight excluding hydrogens is 202 g/mol. The van der Waals surface area contributed by atoms with Crippen LogP contribution in [0.25, 0.3) is 0 Å². The van der Waals surface area contributed by atoms with E-state index >= 15 is 0 Å². The number of hydrogen-bond donors (Lipinski definition) is 1. The van der Waals surface area contributed by atoms with E-state index in [9.17, 15) is 17.6 Å². The molecule has 0 aliphatic heterocycles. The molecule has 0 fully saturated rings. The van der Waals surface area contributed by atoms with E-state index in [0.29, 0.717) is 6.07 Å². The molecule has 0 aliphatic carbocycles. The highest BCUT2D eigenvalue weighted by molar-refractivity contribution is 5.31. The van der Waals surface area contributed by atoms with Gasteiger partial charge in [0.25, 0.3) is 5.95 Å². The molecule has 0 saturated carbocycles. The summed E-state index contributed by atoms with van der Waals surface area (Å²) in [6.45, 7) is 1.42. The van der Waals surface area contributed by atoms with Crippen LogP contribution in [0.1, 0.15) is 18.2 Å². The van der Waals surface area contributed by atoms with E-state index in [4.69, 9.17) is 5.11 Å². The lowest BCUT2D eigenvalue weighted by Crippen LogP contribution is -2.11.